The summed E-state index contributed by atoms with van der Waals surface area (Å²) in [5, 5.41) is -0.274. The Morgan fingerprint density at radius 1 is 1.08 bits per heavy atom. The fourth-order valence-electron chi connectivity index (χ4n) is 2.14. The van der Waals surface area contributed by atoms with E-state index in [1.807, 2.05) is 13.8 Å². The van der Waals surface area contributed by atoms with Crippen LogP contribution in [0.3, 0.4) is 0 Å². The maximum Gasteiger partial charge on any atom is 0.220 e. The zero-order valence-electron chi connectivity index (χ0n) is 14.9. The normalized spacial score (nSPS) is 10.2. The predicted octanol–water partition coefficient (Wildman–Crippen LogP) is 5.53. The number of aryl methyl sites for hydroxylation is 1. The SMILES string of the molecule is CCCS.CCc1nc(-c2cc(F)c(Cl)cc2F)nc(OC)c1CC. The number of rotatable bonds is 5. The monoisotopic (exact) mass is 388 g/mol. The molecule has 0 atom stereocenters. The summed E-state index contributed by atoms with van der Waals surface area (Å²) >= 11 is 9.48. The molecule has 0 radical (unpaired) electrons. The summed E-state index contributed by atoms with van der Waals surface area (Å²) < 4.78 is 32.8. The van der Waals surface area contributed by atoms with Crippen LogP contribution in [0.1, 0.15) is 38.4 Å². The molecular formula is C18H23ClF2N2OS. The van der Waals surface area contributed by atoms with Gasteiger partial charge in [0.1, 0.15) is 11.6 Å². The molecule has 0 spiro atoms. The average molecular weight is 389 g/mol. The smallest absolute Gasteiger partial charge is 0.220 e. The third-order valence-electron chi connectivity index (χ3n) is 3.41. The topological polar surface area (TPSA) is 35.0 Å². The highest BCUT2D eigenvalue weighted by atomic mass is 35.5. The molecule has 2 rings (SSSR count). The standard InChI is InChI=1S/C15H15ClF2N2O.C3H8S/c1-4-8-13(5-2)19-14(20-15(8)21-3)9-6-12(18)10(16)7-11(9)17;1-2-3-4/h6-7H,4-5H2,1-3H3;4H,2-3H2,1H3. The number of aromatic nitrogens is 2. The molecule has 0 aliphatic carbocycles. The lowest BCUT2D eigenvalue weighted by Crippen LogP contribution is -2.05. The van der Waals surface area contributed by atoms with Crippen LogP contribution in [0.4, 0.5) is 8.78 Å². The van der Waals surface area contributed by atoms with E-state index in [1.165, 1.54) is 13.5 Å². The number of benzene rings is 1. The molecule has 0 aliphatic heterocycles. The molecular weight excluding hydrogens is 366 g/mol. The molecule has 1 aromatic heterocycles. The van der Waals surface area contributed by atoms with Crippen molar-refractivity contribution in [3.8, 4) is 17.3 Å². The third-order valence-corrected chi connectivity index (χ3v) is 4.15. The van der Waals surface area contributed by atoms with Gasteiger partial charge in [0.05, 0.1) is 23.4 Å². The van der Waals surface area contributed by atoms with Crippen molar-refractivity contribution in [2.75, 3.05) is 12.9 Å². The van der Waals surface area contributed by atoms with Crippen LogP contribution in [-0.4, -0.2) is 22.8 Å². The summed E-state index contributed by atoms with van der Waals surface area (Å²) in [7, 11) is 1.49. The maximum atomic E-state index is 14.0. The first-order valence-electron chi connectivity index (χ1n) is 8.12. The predicted molar refractivity (Wildman–Crippen MR) is 102 cm³/mol. The summed E-state index contributed by atoms with van der Waals surface area (Å²) in [6.45, 7) is 6.00. The summed E-state index contributed by atoms with van der Waals surface area (Å²) in [6, 6.07) is 1.92. The van der Waals surface area contributed by atoms with Gasteiger partial charge >= 0.3 is 0 Å². The van der Waals surface area contributed by atoms with Crippen molar-refractivity contribution in [1.29, 1.82) is 0 Å². The molecule has 0 bridgehead atoms. The van der Waals surface area contributed by atoms with Crippen LogP contribution >= 0.6 is 24.2 Å². The van der Waals surface area contributed by atoms with Gasteiger partial charge in [-0.25, -0.2) is 13.8 Å². The molecule has 0 amide bonds. The Morgan fingerprint density at radius 2 is 1.72 bits per heavy atom. The van der Waals surface area contributed by atoms with Gasteiger partial charge in [-0.15, -0.1) is 0 Å². The molecule has 138 valence electrons. The molecule has 3 nitrogen and oxygen atoms in total. The van der Waals surface area contributed by atoms with E-state index in [0.717, 1.165) is 29.1 Å². The largest absolute Gasteiger partial charge is 0.481 e. The quantitative estimate of drug-likeness (QED) is 0.539. The second-order valence-corrected chi connectivity index (χ2v) is 6.01. The number of nitrogens with zero attached hydrogens (tertiary/aromatic N) is 2. The number of hydrogen-bond donors (Lipinski definition) is 1. The van der Waals surface area contributed by atoms with Crippen LogP contribution < -0.4 is 4.74 Å². The van der Waals surface area contributed by atoms with E-state index in [1.54, 1.807) is 0 Å². The molecule has 0 N–H and O–H groups in total. The molecule has 0 fully saturated rings. The summed E-state index contributed by atoms with van der Waals surface area (Å²) in [5.41, 5.74) is 1.60. The second kappa shape index (κ2) is 10.6. The highest BCUT2D eigenvalue weighted by Crippen LogP contribution is 2.29. The Bertz CT molecular complexity index is 687. The van der Waals surface area contributed by atoms with Crippen LogP contribution in [0.25, 0.3) is 11.4 Å². The van der Waals surface area contributed by atoms with Crippen molar-refractivity contribution < 1.29 is 13.5 Å². The molecule has 1 aromatic carbocycles. The number of halogens is 3. The third kappa shape index (κ3) is 5.54. The van der Waals surface area contributed by atoms with E-state index in [2.05, 4.69) is 29.5 Å². The first-order valence-corrected chi connectivity index (χ1v) is 9.13. The Hall–Kier alpha value is -1.40. The van der Waals surface area contributed by atoms with E-state index >= 15 is 0 Å². The van der Waals surface area contributed by atoms with Gasteiger partial charge in [-0.2, -0.15) is 17.6 Å². The fourth-order valence-corrected chi connectivity index (χ4v) is 2.29. The van der Waals surface area contributed by atoms with Crippen molar-refractivity contribution >= 4 is 24.2 Å². The molecule has 0 aliphatic rings. The van der Waals surface area contributed by atoms with E-state index in [0.29, 0.717) is 18.7 Å². The van der Waals surface area contributed by atoms with Gasteiger partial charge in [0.2, 0.25) is 5.88 Å². The lowest BCUT2D eigenvalue weighted by molar-refractivity contribution is 0.391. The number of thiol groups is 1. The minimum atomic E-state index is -0.715. The molecule has 25 heavy (non-hydrogen) atoms. The van der Waals surface area contributed by atoms with Crippen molar-refractivity contribution in [2.24, 2.45) is 0 Å². The van der Waals surface area contributed by atoms with Crippen molar-refractivity contribution in [3.63, 3.8) is 0 Å². The van der Waals surface area contributed by atoms with Gasteiger partial charge < -0.3 is 4.74 Å². The molecule has 0 saturated heterocycles. The van der Waals surface area contributed by atoms with Crippen LogP contribution in [0, 0.1) is 11.6 Å². The minimum Gasteiger partial charge on any atom is -0.481 e. The number of methoxy groups -OCH3 is 1. The maximum absolute atomic E-state index is 14.0. The second-order valence-electron chi connectivity index (χ2n) is 5.16. The average Bonchev–Trinajstić information content (AvgIpc) is 2.63. The first kappa shape index (κ1) is 21.6. The van der Waals surface area contributed by atoms with Gasteiger partial charge in [0.15, 0.2) is 5.82 Å². The minimum absolute atomic E-state index is 0.0347. The van der Waals surface area contributed by atoms with Gasteiger partial charge in [-0.3, -0.25) is 0 Å². The summed E-state index contributed by atoms with van der Waals surface area (Å²) in [6.07, 6.45) is 2.53. The highest BCUT2D eigenvalue weighted by molar-refractivity contribution is 7.80. The van der Waals surface area contributed by atoms with Crippen LogP contribution in [0.2, 0.25) is 5.02 Å². The summed E-state index contributed by atoms with van der Waals surface area (Å²) in [4.78, 5) is 8.52. The van der Waals surface area contributed by atoms with E-state index in [9.17, 15) is 8.78 Å². The Balaban J connectivity index is 0.000000705. The fraction of sp³-hybridized carbons (Fsp3) is 0.444. The van der Waals surface area contributed by atoms with E-state index in [-0.39, 0.29) is 16.4 Å². The van der Waals surface area contributed by atoms with Crippen molar-refractivity contribution in [2.45, 2.75) is 40.0 Å². The van der Waals surface area contributed by atoms with Gasteiger partial charge in [0.25, 0.3) is 0 Å². The molecule has 2 aromatic rings. The van der Waals surface area contributed by atoms with E-state index in [4.69, 9.17) is 16.3 Å². The Kier molecular flexibility index (Phi) is 9.14. The first-order chi connectivity index (χ1) is 11.9. The summed E-state index contributed by atoms with van der Waals surface area (Å²) in [5.74, 6) is 0.103. The molecule has 1 heterocycles. The van der Waals surface area contributed by atoms with Crippen LogP contribution in [-0.2, 0) is 12.8 Å². The van der Waals surface area contributed by atoms with Crippen LogP contribution in [0.15, 0.2) is 12.1 Å². The molecule has 7 heteroatoms. The van der Waals surface area contributed by atoms with Crippen LogP contribution in [0.5, 0.6) is 5.88 Å². The highest BCUT2D eigenvalue weighted by Gasteiger charge is 2.17. The molecule has 0 unspecified atom stereocenters. The van der Waals surface area contributed by atoms with E-state index < -0.39 is 11.6 Å². The lowest BCUT2D eigenvalue weighted by Gasteiger charge is -2.12. The number of hydrogen-bond acceptors (Lipinski definition) is 4. The zero-order chi connectivity index (χ0) is 19.0. The van der Waals surface area contributed by atoms with Gasteiger partial charge in [0, 0.05) is 5.56 Å². The zero-order valence-corrected chi connectivity index (χ0v) is 16.5. The lowest BCUT2D eigenvalue weighted by atomic mass is 10.1. The Labute approximate surface area is 158 Å². The molecule has 0 saturated carbocycles. The van der Waals surface area contributed by atoms with Gasteiger partial charge in [-0.05, 0) is 37.1 Å². The Morgan fingerprint density at radius 3 is 2.20 bits per heavy atom. The van der Waals surface area contributed by atoms with Gasteiger partial charge in [-0.1, -0.05) is 32.4 Å². The van der Waals surface area contributed by atoms with Crippen molar-refractivity contribution in [1.82, 2.24) is 9.97 Å². The van der Waals surface area contributed by atoms with Crippen molar-refractivity contribution in [3.05, 3.63) is 40.0 Å². The number of ether oxygens (including phenoxy) is 1.